The second kappa shape index (κ2) is 10.5. The maximum absolute atomic E-state index is 13.6. The number of imidazole rings is 1. The van der Waals surface area contributed by atoms with E-state index in [0.717, 1.165) is 30.0 Å². The van der Waals surface area contributed by atoms with Crippen molar-refractivity contribution in [3.8, 4) is 0 Å². The Balaban J connectivity index is 1.39. The van der Waals surface area contributed by atoms with Crippen molar-refractivity contribution in [2.75, 3.05) is 31.1 Å². The van der Waals surface area contributed by atoms with Crippen LogP contribution in [-0.4, -0.2) is 46.4 Å². The van der Waals surface area contributed by atoms with Crippen molar-refractivity contribution < 1.29 is 31.1 Å². The minimum absolute atomic E-state index is 0.0903. The number of rotatable bonds is 5. The van der Waals surface area contributed by atoms with Crippen LogP contribution in [0.5, 0.6) is 0 Å². The number of carbonyl (C=O) groups is 1. The summed E-state index contributed by atoms with van der Waals surface area (Å²) < 4.78 is 82.0. The number of fused-ring (bicyclic) bond motifs is 1. The van der Waals surface area contributed by atoms with Crippen LogP contribution in [0.4, 0.5) is 32.0 Å². The van der Waals surface area contributed by atoms with Crippen molar-refractivity contribution in [1.82, 2.24) is 14.3 Å². The van der Waals surface area contributed by atoms with Gasteiger partial charge in [-0.25, -0.2) is 4.98 Å². The molecule has 210 valence electrons. The predicted octanol–water partition coefficient (Wildman–Crippen LogP) is 6.55. The van der Waals surface area contributed by atoms with Gasteiger partial charge in [-0.15, -0.1) is 0 Å². The van der Waals surface area contributed by atoms with Crippen LogP contribution in [0.2, 0.25) is 0 Å². The Morgan fingerprint density at radius 3 is 2.15 bits per heavy atom. The quantitative estimate of drug-likeness (QED) is 0.260. The zero-order valence-electron chi connectivity index (χ0n) is 21.5. The topological polar surface area (TPSA) is 40.9 Å². The summed E-state index contributed by atoms with van der Waals surface area (Å²) in [6, 6.07) is 15.5. The highest BCUT2D eigenvalue weighted by Crippen LogP contribution is 2.36. The number of pyridine rings is 1. The molecule has 0 saturated carbocycles. The third-order valence-electron chi connectivity index (χ3n) is 7.27. The molecule has 40 heavy (non-hydrogen) atoms. The van der Waals surface area contributed by atoms with E-state index in [1.165, 1.54) is 12.1 Å². The van der Waals surface area contributed by atoms with E-state index in [1.807, 2.05) is 23.5 Å². The molecule has 1 fully saturated rings. The molecule has 3 heterocycles. The molecule has 11 heteroatoms. The van der Waals surface area contributed by atoms with E-state index < -0.39 is 29.4 Å². The highest BCUT2D eigenvalue weighted by atomic mass is 19.4. The zero-order chi connectivity index (χ0) is 28.7. The lowest BCUT2D eigenvalue weighted by Crippen LogP contribution is -2.49. The van der Waals surface area contributed by atoms with E-state index in [4.69, 9.17) is 0 Å². The average Bonchev–Trinajstić information content (AvgIpc) is 3.36. The molecule has 1 aliphatic rings. The highest BCUT2D eigenvalue weighted by molar-refractivity contribution is 5.78. The normalized spacial score (nSPS) is 15.5. The Hall–Kier alpha value is -4.02. The van der Waals surface area contributed by atoms with Crippen LogP contribution >= 0.6 is 0 Å². The molecule has 5 nitrogen and oxygen atoms in total. The molecule has 1 saturated heterocycles. The number of amides is 1. The first-order chi connectivity index (χ1) is 18.9. The Labute approximate surface area is 226 Å². The summed E-state index contributed by atoms with van der Waals surface area (Å²) in [6.07, 6.45) is -7.50. The summed E-state index contributed by atoms with van der Waals surface area (Å²) in [5, 5.41) is 0. The van der Waals surface area contributed by atoms with Gasteiger partial charge in [-0.2, -0.15) is 26.3 Å². The van der Waals surface area contributed by atoms with Crippen molar-refractivity contribution >= 4 is 17.2 Å². The molecule has 0 bridgehead atoms. The van der Waals surface area contributed by atoms with Crippen LogP contribution in [0.3, 0.4) is 0 Å². The molecular formula is C29H26F6N4O. The number of benzene rings is 2. The van der Waals surface area contributed by atoms with Crippen LogP contribution in [0, 0.1) is 6.92 Å². The molecule has 4 aromatic rings. The van der Waals surface area contributed by atoms with Crippen LogP contribution in [0.25, 0.3) is 5.65 Å². The summed E-state index contributed by atoms with van der Waals surface area (Å²) in [6.45, 7) is 3.06. The number of hydrogen-bond donors (Lipinski definition) is 0. The third-order valence-corrected chi connectivity index (χ3v) is 7.27. The van der Waals surface area contributed by atoms with E-state index in [0.29, 0.717) is 35.7 Å². The second-order valence-electron chi connectivity index (χ2n) is 9.84. The first-order valence-electron chi connectivity index (χ1n) is 12.7. The van der Waals surface area contributed by atoms with Gasteiger partial charge in [0, 0.05) is 56.1 Å². The number of halogens is 6. The molecule has 1 aliphatic heterocycles. The van der Waals surface area contributed by atoms with Gasteiger partial charge in [0.25, 0.3) is 0 Å². The smallest absolute Gasteiger partial charge is 0.368 e. The maximum atomic E-state index is 13.6. The lowest BCUT2D eigenvalue weighted by molar-refractivity contribution is -0.138. The highest BCUT2D eigenvalue weighted by Gasteiger charge is 2.34. The molecular weight excluding hydrogens is 534 g/mol. The zero-order valence-corrected chi connectivity index (χ0v) is 21.5. The van der Waals surface area contributed by atoms with Crippen LogP contribution < -0.4 is 4.90 Å². The summed E-state index contributed by atoms with van der Waals surface area (Å²) >= 11 is 0. The van der Waals surface area contributed by atoms with Crippen LogP contribution in [0.1, 0.15) is 40.4 Å². The first kappa shape index (κ1) is 27.5. The Morgan fingerprint density at radius 2 is 1.48 bits per heavy atom. The largest absolute Gasteiger partial charge is 0.416 e. The third kappa shape index (κ3) is 5.64. The fraction of sp³-hybridized carbons (Fsp3) is 0.310. The Morgan fingerprint density at radius 1 is 0.850 bits per heavy atom. The number of aromatic nitrogens is 2. The van der Waals surface area contributed by atoms with Crippen molar-refractivity contribution in [2.24, 2.45) is 0 Å². The summed E-state index contributed by atoms with van der Waals surface area (Å²) in [5.41, 5.74) is 1.26. The Bertz CT molecular complexity index is 1520. The monoisotopic (exact) mass is 560 g/mol. The first-order valence-corrected chi connectivity index (χ1v) is 12.7. The van der Waals surface area contributed by atoms with Gasteiger partial charge in [-0.3, -0.25) is 4.79 Å². The second-order valence-corrected chi connectivity index (χ2v) is 9.84. The van der Waals surface area contributed by atoms with Gasteiger partial charge in [0.2, 0.25) is 5.91 Å². The fourth-order valence-corrected chi connectivity index (χ4v) is 5.20. The molecule has 2 aromatic heterocycles. The van der Waals surface area contributed by atoms with Gasteiger partial charge < -0.3 is 14.2 Å². The minimum Gasteiger partial charge on any atom is -0.368 e. The van der Waals surface area contributed by atoms with E-state index in [9.17, 15) is 31.1 Å². The lowest BCUT2D eigenvalue weighted by Gasteiger charge is -2.37. The van der Waals surface area contributed by atoms with Gasteiger partial charge in [0.15, 0.2) is 0 Å². The van der Waals surface area contributed by atoms with Crippen molar-refractivity contribution in [2.45, 2.75) is 31.6 Å². The molecule has 0 spiro atoms. The molecule has 5 rings (SSSR count). The molecule has 1 amide bonds. The molecule has 1 unspecified atom stereocenters. The van der Waals surface area contributed by atoms with Crippen molar-refractivity contribution in [1.29, 1.82) is 0 Å². The molecule has 0 aliphatic carbocycles. The van der Waals surface area contributed by atoms with Crippen molar-refractivity contribution in [3.05, 3.63) is 101 Å². The van der Waals surface area contributed by atoms with Gasteiger partial charge >= 0.3 is 12.4 Å². The summed E-state index contributed by atoms with van der Waals surface area (Å²) in [7, 11) is 0. The number of piperazine rings is 1. The van der Waals surface area contributed by atoms with Gasteiger partial charge in [-0.1, -0.05) is 30.3 Å². The minimum atomic E-state index is -4.54. The molecule has 2 aromatic carbocycles. The van der Waals surface area contributed by atoms with Gasteiger partial charge in [0.05, 0.1) is 16.8 Å². The van der Waals surface area contributed by atoms with Gasteiger partial charge in [-0.05, 0) is 48.9 Å². The lowest BCUT2D eigenvalue weighted by atomic mass is 9.90. The standard InChI is InChI=1S/C29H26F6N4O/c1-19-5-2-10-26-36-18-25(39(19)26)24(20-6-3-7-21(15-20)28(30,31)32)17-27(40)38-13-11-37(12-14-38)23-9-4-8-22(16-23)29(33,34)35/h2-10,15-16,18,24H,11-14,17H2,1H3. The van der Waals surface area contributed by atoms with Gasteiger partial charge in [0.1, 0.15) is 5.65 Å². The summed E-state index contributed by atoms with van der Waals surface area (Å²) in [5.74, 6) is -0.956. The maximum Gasteiger partial charge on any atom is 0.416 e. The van der Waals surface area contributed by atoms with Crippen LogP contribution in [0.15, 0.2) is 72.9 Å². The number of anilines is 1. The fourth-order valence-electron chi connectivity index (χ4n) is 5.20. The molecule has 0 N–H and O–H groups in total. The number of nitrogens with zero attached hydrogens (tertiary/aromatic N) is 4. The van der Waals surface area contributed by atoms with Crippen molar-refractivity contribution in [3.63, 3.8) is 0 Å². The average molecular weight is 561 g/mol. The number of carbonyl (C=O) groups excluding carboxylic acids is 1. The number of aryl methyl sites for hydroxylation is 1. The van der Waals surface area contributed by atoms with E-state index in [-0.39, 0.29) is 25.4 Å². The molecule has 0 radical (unpaired) electrons. The Kier molecular flexibility index (Phi) is 7.24. The molecule has 1 atom stereocenters. The number of alkyl halides is 6. The predicted molar refractivity (Wildman–Crippen MR) is 138 cm³/mol. The number of hydrogen-bond acceptors (Lipinski definition) is 3. The van der Waals surface area contributed by atoms with Crippen LogP contribution in [-0.2, 0) is 17.1 Å². The summed E-state index contributed by atoms with van der Waals surface area (Å²) in [4.78, 5) is 21.3. The van der Waals surface area contributed by atoms with E-state index >= 15 is 0 Å². The van der Waals surface area contributed by atoms with E-state index in [2.05, 4.69) is 4.98 Å². The SMILES string of the molecule is Cc1cccc2ncc(C(CC(=O)N3CCN(c4cccc(C(F)(F)F)c4)CC3)c3cccc(C(F)(F)F)c3)n12. The van der Waals surface area contributed by atoms with E-state index in [1.54, 1.807) is 34.2 Å².